The van der Waals surface area contributed by atoms with Gasteiger partial charge < -0.3 is 0 Å². The van der Waals surface area contributed by atoms with E-state index < -0.39 is 0 Å². The van der Waals surface area contributed by atoms with Crippen molar-refractivity contribution in [2.24, 2.45) is 23.2 Å². The Balaban J connectivity index is 0.000000288. The lowest BCUT2D eigenvalue weighted by Crippen LogP contribution is -2.26. The van der Waals surface area contributed by atoms with Crippen LogP contribution in [0.5, 0.6) is 0 Å². The summed E-state index contributed by atoms with van der Waals surface area (Å²) >= 11 is 0. The molecule has 1 aliphatic rings. The second-order valence-corrected chi connectivity index (χ2v) is 6.64. The maximum absolute atomic E-state index is 2.39. The Labute approximate surface area is 97.8 Å². The molecule has 0 saturated heterocycles. The lowest BCUT2D eigenvalue weighted by atomic mass is 9.69. The molecule has 92 valence electrons. The van der Waals surface area contributed by atoms with Crippen molar-refractivity contribution in [3.8, 4) is 0 Å². The van der Waals surface area contributed by atoms with Gasteiger partial charge in [0, 0.05) is 0 Å². The zero-order valence-corrected chi connectivity index (χ0v) is 12.1. The van der Waals surface area contributed by atoms with Crippen LogP contribution in [0.25, 0.3) is 0 Å². The van der Waals surface area contributed by atoms with Crippen LogP contribution in [0.3, 0.4) is 0 Å². The quantitative estimate of drug-likeness (QED) is 0.565. The van der Waals surface area contributed by atoms with E-state index in [2.05, 4.69) is 48.5 Å². The van der Waals surface area contributed by atoms with Crippen LogP contribution in [-0.2, 0) is 0 Å². The molecule has 0 heterocycles. The molecule has 0 bridgehead atoms. The van der Waals surface area contributed by atoms with E-state index in [0.717, 1.165) is 17.8 Å². The summed E-state index contributed by atoms with van der Waals surface area (Å²) in [5, 5.41) is 0. The smallest absolute Gasteiger partial charge is 0.0384 e. The predicted molar refractivity (Wildman–Crippen MR) is 71.1 cm³/mol. The SMILES string of the molecule is CCC(C)(C)C.CCC(C)C1CC(C)C1. The molecule has 1 saturated carbocycles. The average Bonchev–Trinajstić information content (AvgIpc) is 2.12. The standard InChI is InChI=1S/C9H18.C6H14/c1-4-8(3)9-5-7(2)6-9;1-5-6(2,3)4/h7-9H,4-6H2,1-3H3;5H2,1-4H3. The summed E-state index contributed by atoms with van der Waals surface area (Å²) in [7, 11) is 0. The molecule has 1 rings (SSSR count). The maximum atomic E-state index is 2.39. The first-order chi connectivity index (χ1) is 6.80. The molecular weight excluding hydrogens is 180 g/mol. The zero-order valence-electron chi connectivity index (χ0n) is 12.1. The molecule has 0 N–H and O–H groups in total. The molecule has 0 amide bonds. The van der Waals surface area contributed by atoms with Crippen LogP contribution in [-0.4, -0.2) is 0 Å². The Morgan fingerprint density at radius 3 is 1.73 bits per heavy atom. The van der Waals surface area contributed by atoms with E-state index in [1.54, 1.807) is 0 Å². The van der Waals surface area contributed by atoms with Crippen LogP contribution in [0.4, 0.5) is 0 Å². The third-order valence-corrected chi connectivity index (χ3v) is 3.92. The van der Waals surface area contributed by atoms with Gasteiger partial charge in [0.1, 0.15) is 0 Å². The molecule has 0 aliphatic heterocycles. The van der Waals surface area contributed by atoms with Gasteiger partial charge in [-0.05, 0) is 36.0 Å². The van der Waals surface area contributed by atoms with Gasteiger partial charge in [-0.2, -0.15) is 0 Å². The Morgan fingerprint density at radius 1 is 1.13 bits per heavy atom. The minimum absolute atomic E-state index is 0.542. The number of hydrogen-bond donors (Lipinski definition) is 0. The fraction of sp³-hybridized carbons (Fsp3) is 1.00. The molecule has 1 atom stereocenters. The van der Waals surface area contributed by atoms with Gasteiger partial charge in [-0.3, -0.25) is 0 Å². The number of rotatable bonds is 2. The van der Waals surface area contributed by atoms with Crippen LogP contribution in [0.1, 0.15) is 74.1 Å². The molecular formula is C15H32. The minimum Gasteiger partial charge on any atom is -0.0651 e. The second-order valence-electron chi connectivity index (χ2n) is 6.64. The molecule has 15 heavy (non-hydrogen) atoms. The lowest BCUT2D eigenvalue weighted by molar-refractivity contribution is 0.144. The molecule has 1 unspecified atom stereocenters. The van der Waals surface area contributed by atoms with E-state index in [1.807, 2.05) is 0 Å². The summed E-state index contributed by atoms with van der Waals surface area (Å²) in [5.41, 5.74) is 0.542. The Hall–Kier alpha value is 0. The van der Waals surface area contributed by atoms with Crippen molar-refractivity contribution in [3.05, 3.63) is 0 Å². The van der Waals surface area contributed by atoms with Crippen LogP contribution in [0.15, 0.2) is 0 Å². The zero-order chi connectivity index (χ0) is 12.1. The Bertz CT molecular complexity index is 146. The third kappa shape index (κ3) is 6.98. The van der Waals surface area contributed by atoms with Crippen molar-refractivity contribution in [2.75, 3.05) is 0 Å². The van der Waals surface area contributed by atoms with Crippen LogP contribution < -0.4 is 0 Å². The van der Waals surface area contributed by atoms with Gasteiger partial charge in [0.15, 0.2) is 0 Å². The molecule has 0 aromatic carbocycles. The maximum Gasteiger partial charge on any atom is -0.0384 e. The summed E-state index contributed by atoms with van der Waals surface area (Å²) < 4.78 is 0. The van der Waals surface area contributed by atoms with E-state index >= 15 is 0 Å². The molecule has 0 radical (unpaired) electrons. The summed E-state index contributed by atoms with van der Waals surface area (Å²) in [6.45, 7) is 16.0. The van der Waals surface area contributed by atoms with Gasteiger partial charge in [0.2, 0.25) is 0 Å². The van der Waals surface area contributed by atoms with Crippen LogP contribution in [0.2, 0.25) is 0 Å². The highest BCUT2D eigenvalue weighted by Crippen LogP contribution is 2.39. The van der Waals surface area contributed by atoms with E-state index in [-0.39, 0.29) is 0 Å². The molecule has 1 aliphatic carbocycles. The van der Waals surface area contributed by atoms with Crippen molar-refractivity contribution >= 4 is 0 Å². The lowest BCUT2D eigenvalue weighted by Gasteiger charge is -2.36. The molecule has 1 fully saturated rings. The first kappa shape index (κ1) is 15.0. The molecule has 0 aromatic rings. The van der Waals surface area contributed by atoms with E-state index in [4.69, 9.17) is 0 Å². The predicted octanol–water partition coefficient (Wildman–Crippen LogP) is 5.52. The molecule has 0 spiro atoms. The summed E-state index contributed by atoms with van der Waals surface area (Å²) in [4.78, 5) is 0. The van der Waals surface area contributed by atoms with Crippen molar-refractivity contribution in [3.63, 3.8) is 0 Å². The largest absolute Gasteiger partial charge is 0.0651 e. The first-order valence-corrected chi connectivity index (χ1v) is 6.80. The fourth-order valence-electron chi connectivity index (χ4n) is 1.76. The summed E-state index contributed by atoms with van der Waals surface area (Å²) in [6, 6.07) is 0. The van der Waals surface area contributed by atoms with Gasteiger partial charge in [0.05, 0.1) is 0 Å². The molecule has 0 nitrogen and oxygen atoms in total. The summed E-state index contributed by atoms with van der Waals surface area (Å²) in [5.74, 6) is 3.09. The summed E-state index contributed by atoms with van der Waals surface area (Å²) in [6.07, 6.45) is 5.63. The minimum atomic E-state index is 0.542. The first-order valence-electron chi connectivity index (χ1n) is 6.80. The van der Waals surface area contributed by atoms with Crippen LogP contribution in [0, 0.1) is 23.2 Å². The normalized spacial score (nSPS) is 27.4. The highest BCUT2D eigenvalue weighted by atomic mass is 14.3. The highest BCUT2D eigenvalue weighted by Gasteiger charge is 2.28. The monoisotopic (exact) mass is 212 g/mol. The van der Waals surface area contributed by atoms with E-state index in [9.17, 15) is 0 Å². The van der Waals surface area contributed by atoms with Crippen molar-refractivity contribution in [1.82, 2.24) is 0 Å². The highest BCUT2D eigenvalue weighted by molar-refractivity contribution is 4.79. The van der Waals surface area contributed by atoms with Crippen LogP contribution >= 0.6 is 0 Å². The molecule has 0 heteroatoms. The van der Waals surface area contributed by atoms with Crippen molar-refractivity contribution in [2.45, 2.75) is 74.1 Å². The van der Waals surface area contributed by atoms with Gasteiger partial charge in [-0.15, -0.1) is 0 Å². The molecule has 0 aromatic heterocycles. The Morgan fingerprint density at radius 2 is 1.53 bits per heavy atom. The van der Waals surface area contributed by atoms with E-state index in [0.29, 0.717) is 5.41 Å². The topological polar surface area (TPSA) is 0 Å². The van der Waals surface area contributed by atoms with Crippen molar-refractivity contribution < 1.29 is 0 Å². The fourth-order valence-corrected chi connectivity index (χ4v) is 1.76. The number of hydrogen-bond acceptors (Lipinski definition) is 0. The Kier molecular flexibility index (Phi) is 6.55. The van der Waals surface area contributed by atoms with E-state index in [1.165, 1.54) is 25.7 Å². The van der Waals surface area contributed by atoms with Gasteiger partial charge >= 0.3 is 0 Å². The average molecular weight is 212 g/mol. The van der Waals surface area contributed by atoms with Gasteiger partial charge in [0.25, 0.3) is 0 Å². The van der Waals surface area contributed by atoms with Gasteiger partial charge in [-0.1, -0.05) is 61.3 Å². The van der Waals surface area contributed by atoms with Crippen molar-refractivity contribution in [1.29, 1.82) is 0 Å². The van der Waals surface area contributed by atoms with Gasteiger partial charge in [-0.25, -0.2) is 0 Å². The second kappa shape index (κ2) is 6.55. The third-order valence-electron chi connectivity index (χ3n) is 3.92.